The molecule has 1 aliphatic rings. The molecule has 1 fully saturated rings. The van der Waals surface area contributed by atoms with Crippen molar-refractivity contribution in [1.82, 2.24) is 19.6 Å². The minimum atomic E-state index is -0.00482. The molecule has 6 heteroatoms. The zero-order valence-electron chi connectivity index (χ0n) is 12.9. The van der Waals surface area contributed by atoms with Gasteiger partial charge in [-0.25, -0.2) is 0 Å². The van der Waals surface area contributed by atoms with E-state index in [0.717, 1.165) is 32.7 Å². The van der Waals surface area contributed by atoms with Gasteiger partial charge in [-0.15, -0.1) is 0 Å². The summed E-state index contributed by atoms with van der Waals surface area (Å²) in [7, 11) is 1.77. The van der Waals surface area contributed by atoms with Gasteiger partial charge in [0.05, 0.1) is 11.4 Å². The van der Waals surface area contributed by atoms with Crippen molar-refractivity contribution in [3.05, 3.63) is 11.4 Å². The number of nitrogens with zero attached hydrogens (tertiary/aromatic N) is 4. The Morgan fingerprint density at radius 1 is 1.30 bits per heavy atom. The number of carbonyl (C=O) groups excluding carboxylic acids is 1. The third kappa shape index (κ3) is 2.95. The Morgan fingerprint density at radius 2 is 1.90 bits per heavy atom. The predicted octanol–water partition coefficient (Wildman–Crippen LogP) is 0.725. The van der Waals surface area contributed by atoms with E-state index < -0.39 is 0 Å². The van der Waals surface area contributed by atoms with E-state index in [1.165, 1.54) is 0 Å². The van der Waals surface area contributed by atoms with Crippen LogP contribution in [0.2, 0.25) is 0 Å². The fourth-order valence-electron chi connectivity index (χ4n) is 2.73. The molecule has 0 radical (unpaired) electrons. The monoisotopic (exact) mass is 279 g/mol. The van der Waals surface area contributed by atoms with Gasteiger partial charge in [-0.1, -0.05) is 13.8 Å². The summed E-state index contributed by atoms with van der Waals surface area (Å²) in [5.74, 6) is 0.655. The molecule has 1 aromatic heterocycles. The predicted molar refractivity (Wildman–Crippen MR) is 79.5 cm³/mol. The number of aromatic nitrogens is 2. The number of nitrogens with two attached hydrogens (primary N) is 1. The van der Waals surface area contributed by atoms with Crippen molar-refractivity contribution in [2.24, 2.45) is 13.0 Å². The summed E-state index contributed by atoms with van der Waals surface area (Å²) in [4.78, 5) is 16.8. The third-order valence-corrected chi connectivity index (χ3v) is 3.75. The number of piperazine rings is 1. The number of carbonyl (C=O) groups is 1. The van der Waals surface area contributed by atoms with E-state index in [9.17, 15) is 4.79 Å². The van der Waals surface area contributed by atoms with E-state index in [4.69, 9.17) is 5.73 Å². The highest BCUT2D eigenvalue weighted by Gasteiger charge is 2.26. The second-order valence-electron chi connectivity index (χ2n) is 5.96. The van der Waals surface area contributed by atoms with Crippen molar-refractivity contribution in [2.75, 3.05) is 38.5 Å². The molecule has 0 atom stereocenters. The lowest BCUT2D eigenvalue weighted by Gasteiger charge is -2.35. The van der Waals surface area contributed by atoms with Crippen LogP contribution in [0.25, 0.3) is 0 Å². The number of hydrogen-bond donors (Lipinski definition) is 1. The van der Waals surface area contributed by atoms with Gasteiger partial charge in [-0.05, 0) is 12.8 Å². The highest BCUT2D eigenvalue weighted by atomic mass is 16.2. The summed E-state index contributed by atoms with van der Waals surface area (Å²) < 4.78 is 1.59. The molecule has 112 valence electrons. The molecular weight excluding hydrogens is 254 g/mol. The van der Waals surface area contributed by atoms with E-state index in [2.05, 4.69) is 23.8 Å². The highest BCUT2D eigenvalue weighted by molar-refractivity contribution is 5.98. The lowest BCUT2D eigenvalue weighted by Crippen LogP contribution is -2.49. The van der Waals surface area contributed by atoms with E-state index in [0.29, 0.717) is 23.0 Å². The van der Waals surface area contributed by atoms with Crippen LogP contribution in [0.15, 0.2) is 0 Å². The average molecular weight is 279 g/mol. The maximum Gasteiger partial charge on any atom is 0.274 e. The first-order chi connectivity index (χ1) is 9.40. The molecule has 0 spiro atoms. The zero-order valence-corrected chi connectivity index (χ0v) is 12.9. The van der Waals surface area contributed by atoms with Crippen molar-refractivity contribution < 1.29 is 4.79 Å². The summed E-state index contributed by atoms with van der Waals surface area (Å²) in [6.07, 6.45) is 0. The number of amides is 1. The van der Waals surface area contributed by atoms with E-state index in [1.54, 1.807) is 11.7 Å². The van der Waals surface area contributed by atoms with Crippen molar-refractivity contribution in [2.45, 2.75) is 20.8 Å². The largest absolute Gasteiger partial charge is 0.395 e. The van der Waals surface area contributed by atoms with Crippen LogP contribution in [0.1, 0.15) is 30.0 Å². The van der Waals surface area contributed by atoms with Crippen molar-refractivity contribution in [1.29, 1.82) is 0 Å². The number of anilines is 1. The fourth-order valence-corrected chi connectivity index (χ4v) is 2.73. The van der Waals surface area contributed by atoms with Crippen molar-refractivity contribution in [3.8, 4) is 0 Å². The number of aryl methyl sites for hydroxylation is 2. The molecule has 2 N–H and O–H groups in total. The van der Waals surface area contributed by atoms with E-state index in [-0.39, 0.29) is 5.91 Å². The van der Waals surface area contributed by atoms with Gasteiger partial charge in [-0.3, -0.25) is 14.4 Å². The molecule has 0 saturated carbocycles. The van der Waals surface area contributed by atoms with Crippen LogP contribution in [0.3, 0.4) is 0 Å². The van der Waals surface area contributed by atoms with E-state index in [1.807, 2.05) is 11.8 Å². The molecule has 20 heavy (non-hydrogen) atoms. The number of hydrogen-bond acceptors (Lipinski definition) is 4. The lowest BCUT2D eigenvalue weighted by atomic mass is 10.2. The minimum absolute atomic E-state index is 0.00482. The SMILES string of the molecule is Cc1nn(C)c(C(=O)N2CCN(CC(C)C)CC2)c1N. The van der Waals surface area contributed by atoms with Gasteiger partial charge in [-0.2, -0.15) is 5.10 Å². The molecule has 1 aromatic rings. The third-order valence-electron chi connectivity index (χ3n) is 3.75. The molecule has 6 nitrogen and oxygen atoms in total. The van der Waals surface area contributed by atoms with Crippen LogP contribution >= 0.6 is 0 Å². The minimum Gasteiger partial charge on any atom is -0.395 e. The Bertz CT molecular complexity index is 486. The van der Waals surface area contributed by atoms with Crippen molar-refractivity contribution in [3.63, 3.8) is 0 Å². The molecule has 1 aliphatic heterocycles. The fraction of sp³-hybridized carbons (Fsp3) is 0.714. The summed E-state index contributed by atoms with van der Waals surface area (Å²) in [6, 6.07) is 0. The molecule has 2 heterocycles. The standard InChI is InChI=1S/C14H25N5O/c1-10(2)9-18-5-7-19(8-6-18)14(20)13-12(15)11(3)16-17(13)4/h10H,5-9,15H2,1-4H3. The molecule has 1 saturated heterocycles. The normalized spacial score (nSPS) is 16.9. The number of rotatable bonds is 3. The van der Waals surface area contributed by atoms with Crippen LogP contribution in [0.4, 0.5) is 5.69 Å². The van der Waals surface area contributed by atoms with Gasteiger partial charge >= 0.3 is 0 Å². The Balaban J connectivity index is 2.02. The molecule has 0 bridgehead atoms. The van der Waals surface area contributed by atoms with Gasteiger partial charge in [0.1, 0.15) is 5.69 Å². The maximum atomic E-state index is 12.6. The smallest absolute Gasteiger partial charge is 0.274 e. The van der Waals surface area contributed by atoms with Gasteiger partial charge in [0.15, 0.2) is 0 Å². The Morgan fingerprint density at radius 3 is 2.35 bits per heavy atom. The topological polar surface area (TPSA) is 67.4 Å². The molecule has 0 aliphatic carbocycles. The molecular formula is C14H25N5O. The molecule has 0 unspecified atom stereocenters. The molecule has 2 rings (SSSR count). The van der Waals surface area contributed by atoms with Crippen LogP contribution < -0.4 is 5.73 Å². The van der Waals surface area contributed by atoms with Gasteiger partial charge in [0.25, 0.3) is 5.91 Å². The van der Waals surface area contributed by atoms with E-state index >= 15 is 0 Å². The first kappa shape index (κ1) is 14.8. The zero-order chi connectivity index (χ0) is 14.9. The second-order valence-corrected chi connectivity index (χ2v) is 5.96. The Hall–Kier alpha value is -1.56. The quantitative estimate of drug-likeness (QED) is 0.885. The van der Waals surface area contributed by atoms with Crippen LogP contribution in [0, 0.1) is 12.8 Å². The van der Waals surface area contributed by atoms with Crippen molar-refractivity contribution >= 4 is 11.6 Å². The highest BCUT2D eigenvalue weighted by Crippen LogP contribution is 2.18. The summed E-state index contributed by atoms with van der Waals surface area (Å²) in [5, 5.41) is 4.21. The van der Waals surface area contributed by atoms with Crippen LogP contribution in [-0.4, -0.2) is 58.2 Å². The number of nitrogen functional groups attached to an aromatic ring is 1. The summed E-state index contributed by atoms with van der Waals surface area (Å²) in [5.41, 5.74) is 7.70. The van der Waals surface area contributed by atoms with Crippen LogP contribution in [-0.2, 0) is 7.05 Å². The van der Waals surface area contributed by atoms with Gasteiger partial charge < -0.3 is 10.6 Å². The second kappa shape index (κ2) is 5.83. The first-order valence-electron chi connectivity index (χ1n) is 7.20. The molecule has 0 aromatic carbocycles. The Kier molecular flexibility index (Phi) is 4.32. The lowest BCUT2D eigenvalue weighted by molar-refractivity contribution is 0.0614. The maximum absolute atomic E-state index is 12.6. The van der Waals surface area contributed by atoms with Crippen LogP contribution in [0.5, 0.6) is 0 Å². The summed E-state index contributed by atoms with van der Waals surface area (Å²) >= 11 is 0. The average Bonchev–Trinajstić information content (AvgIpc) is 2.63. The Labute approximate surface area is 120 Å². The first-order valence-corrected chi connectivity index (χ1v) is 7.20. The molecule has 1 amide bonds. The summed E-state index contributed by atoms with van der Waals surface area (Å²) in [6.45, 7) is 10.7. The van der Waals surface area contributed by atoms with Gasteiger partial charge in [0.2, 0.25) is 0 Å². The van der Waals surface area contributed by atoms with Gasteiger partial charge in [0, 0.05) is 39.8 Å².